The van der Waals surface area contributed by atoms with Crippen molar-refractivity contribution in [1.82, 2.24) is 5.32 Å². The molecule has 0 bridgehead atoms. The number of Topliss-reactive ketones (excluding diaryl/α,β-unsaturated/α-hetero) is 1. The number of halogens is 1. The molecule has 30 heavy (non-hydrogen) atoms. The van der Waals surface area contributed by atoms with E-state index in [9.17, 15) is 14.4 Å². The van der Waals surface area contributed by atoms with Gasteiger partial charge in [0.25, 0.3) is 5.91 Å². The summed E-state index contributed by atoms with van der Waals surface area (Å²) in [4.78, 5) is 37.5. The van der Waals surface area contributed by atoms with Gasteiger partial charge in [-0.1, -0.05) is 72.3 Å². The number of ketones is 1. The van der Waals surface area contributed by atoms with Gasteiger partial charge in [-0.25, -0.2) is 4.79 Å². The summed E-state index contributed by atoms with van der Waals surface area (Å²) in [6.07, 6.45) is 0.235. The average Bonchev–Trinajstić information content (AvgIpc) is 2.78. The lowest BCUT2D eigenvalue weighted by molar-refractivity contribution is -0.144. The molecule has 3 aromatic carbocycles. The van der Waals surface area contributed by atoms with E-state index in [-0.39, 0.29) is 12.2 Å². The number of carbonyl (C=O) groups excluding carboxylic acids is 3. The third-order valence-electron chi connectivity index (χ3n) is 4.42. The van der Waals surface area contributed by atoms with Crippen molar-refractivity contribution in [3.05, 3.63) is 107 Å². The number of ether oxygens (including phenoxy) is 1. The van der Waals surface area contributed by atoms with Crippen LogP contribution in [-0.2, 0) is 16.0 Å². The predicted octanol–water partition coefficient (Wildman–Crippen LogP) is 4.11. The number of esters is 1. The Morgan fingerprint density at radius 2 is 1.40 bits per heavy atom. The number of benzene rings is 3. The Bertz CT molecular complexity index is 1000. The van der Waals surface area contributed by atoms with Crippen LogP contribution in [0.4, 0.5) is 0 Å². The molecule has 0 aliphatic carbocycles. The molecule has 0 heterocycles. The Balaban J connectivity index is 1.69. The lowest BCUT2D eigenvalue weighted by Crippen LogP contribution is -2.43. The molecule has 3 aromatic rings. The highest BCUT2D eigenvalue weighted by Crippen LogP contribution is 2.11. The van der Waals surface area contributed by atoms with Gasteiger partial charge in [-0.3, -0.25) is 9.59 Å². The van der Waals surface area contributed by atoms with Gasteiger partial charge < -0.3 is 10.1 Å². The van der Waals surface area contributed by atoms with Crippen LogP contribution in [0.3, 0.4) is 0 Å². The first-order chi connectivity index (χ1) is 14.5. The Labute approximate surface area is 179 Å². The molecule has 0 saturated heterocycles. The van der Waals surface area contributed by atoms with E-state index in [1.165, 1.54) is 0 Å². The smallest absolute Gasteiger partial charge is 0.329 e. The van der Waals surface area contributed by atoms with Gasteiger partial charge >= 0.3 is 5.97 Å². The van der Waals surface area contributed by atoms with Gasteiger partial charge in [0.2, 0.25) is 0 Å². The highest BCUT2D eigenvalue weighted by molar-refractivity contribution is 6.30. The van der Waals surface area contributed by atoms with Crippen LogP contribution in [0, 0.1) is 0 Å². The van der Waals surface area contributed by atoms with Crippen LogP contribution >= 0.6 is 11.6 Å². The highest BCUT2D eigenvalue weighted by Gasteiger charge is 2.24. The maximum atomic E-state index is 12.7. The van der Waals surface area contributed by atoms with Crippen LogP contribution in [0.2, 0.25) is 5.02 Å². The topological polar surface area (TPSA) is 72.5 Å². The fraction of sp³-hybridized carbons (Fsp3) is 0.125. The SMILES string of the molecule is O=C(COC(=O)[C@@H](Cc1ccccc1)NC(=O)c1ccc(Cl)cc1)c1ccccc1. The van der Waals surface area contributed by atoms with Crippen LogP contribution in [0.5, 0.6) is 0 Å². The summed E-state index contributed by atoms with van der Waals surface area (Å²) in [6.45, 7) is -0.398. The second kappa shape index (κ2) is 10.4. The van der Waals surface area contributed by atoms with E-state index in [1.54, 1.807) is 54.6 Å². The van der Waals surface area contributed by atoms with E-state index in [0.29, 0.717) is 16.1 Å². The van der Waals surface area contributed by atoms with Gasteiger partial charge in [0.05, 0.1) is 0 Å². The predicted molar refractivity (Wildman–Crippen MR) is 115 cm³/mol. The Kier molecular flexibility index (Phi) is 7.35. The monoisotopic (exact) mass is 421 g/mol. The minimum atomic E-state index is -0.945. The van der Waals surface area contributed by atoms with E-state index in [0.717, 1.165) is 5.56 Å². The molecule has 1 N–H and O–H groups in total. The molecule has 6 heteroatoms. The van der Waals surface area contributed by atoms with Crippen LogP contribution < -0.4 is 5.32 Å². The molecule has 0 saturated carbocycles. The minimum absolute atomic E-state index is 0.235. The fourth-order valence-electron chi connectivity index (χ4n) is 2.83. The quantitative estimate of drug-likeness (QED) is 0.439. The molecular weight excluding hydrogens is 402 g/mol. The summed E-state index contributed by atoms with van der Waals surface area (Å²) in [7, 11) is 0. The first-order valence-electron chi connectivity index (χ1n) is 9.38. The van der Waals surface area contributed by atoms with Crippen molar-refractivity contribution in [2.75, 3.05) is 6.61 Å². The van der Waals surface area contributed by atoms with E-state index >= 15 is 0 Å². The Hall–Kier alpha value is -3.44. The largest absolute Gasteiger partial charge is 0.456 e. The van der Waals surface area contributed by atoms with E-state index in [1.807, 2.05) is 30.3 Å². The fourth-order valence-corrected chi connectivity index (χ4v) is 2.96. The van der Waals surface area contributed by atoms with Crippen molar-refractivity contribution < 1.29 is 19.1 Å². The number of nitrogens with one attached hydrogen (secondary N) is 1. The molecule has 0 spiro atoms. The standard InChI is InChI=1S/C24H20ClNO4/c25-20-13-11-19(12-14-20)23(28)26-21(15-17-7-3-1-4-8-17)24(29)30-16-22(27)18-9-5-2-6-10-18/h1-14,21H,15-16H2,(H,26,28)/t21-/m1/s1. The van der Waals surface area contributed by atoms with Crippen molar-refractivity contribution in [3.63, 3.8) is 0 Å². The molecule has 5 nitrogen and oxygen atoms in total. The Morgan fingerprint density at radius 1 is 0.800 bits per heavy atom. The molecule has 0 aliphatic heterocycles. The molecule has 0 fully saturated rings. The molecular formula is C24H20ClNO4. The lowest BCUT2D eigenvalue weighted by atomic mass is 10.1. The zero-order valence-corrected chi connectivity index (χ0v) is 16.8. The zero-order valence-electron chi connectivity index (χ0n) is 16.1. The van der Waals surface area contributed by atoms with Crippen molar-refractivity contribution in [3.8, 4) is 0 Å². The minimum Gasteiger partial charge on any atom is -0.456 e. The number of hydrogen-bond acceptors (Lipinski definition) is 4. The molecule has 3 rings (SSSR count). The molecule has 152 valence electrons. The lowest BCUT2D eigenvalue weighted by Gasteiger charge is -2.18. The van der Waals surface area contributed by atoms with Gasteiger partial charge in [-0.05, 0) is 29.8 Å². The van der Waals surface area contributed by atoms with Crippen molar-refractivity contribution in [2.24, 2.45) is 0 Å². The summed E-state index contributed by atoms with van der Waals surface area (Å²) < 4.78 is 5.22. The number of amides is 1. The van der Waals surface area contributed by atoms with Crippen molar-refractivity contribution >= 4 is 29.3 Å². The molecule has 1 amide bonds. The average molecular weight is 422 g/mol. The summed E-state index contributed by atoms with van der Waals surface area (Å²) >= 11 is 5.86. The van der Waals surface area contributed by atoms with Crippen molar-refractivity contribution in [2.45, 2.75) is 12.5 Å². The normalized spacial score (nSPS) is 11.4. The van der Waals surface area contributed by atoms with Gasteiger partial charge in [-0.2, -0.15) is 0 Å². The van der Waals surface area contributed by atoms with Gasteiger partial charge in [0.15, 0.2) is 12.4 Å². The maximum absolute atomic E-state index is 12.7. The number of hydrogen-bond donors (Lipinski definition) is 1. The summed E-state index contributed by atoms with van der Waals surface area (Å²) in [6, 6.07) is 23.2. The van der Waals surface area contributed by atoms with Crippen LogP contribution in [0.1, 0.15) is 26.3 Å². The van der Waals surface area contributed by atoms with Gasteiger partial charge in [-0.15, -0.1) is 0 Å². The third-order valence-corrected chi connectivity index (χ3v) is 4.67. The summed E-state index contributed by atoms with van der Waals surface area (Å²) in [5.74, 6) is -1.42. The molecule has 0 aromatic heterocycles. The number of rotatable bonds is 8. The summed E-state index contributed by atoms with van der Waals surface area (Å²) in [5, 5.41) is 3.20. The van der Waals surface area contributed by atoms with Gasteiger partial charge in [0, 0.05) is 22.6 Å². The highest BCUT2D eigenvalue weighted by atomic mass is 35.5. The van der Waals surface area contributed by atoms with E-state index in [2.05, 4.69) is 5.32 Å². The zero-order chi connectivity index (χ0) is 21.3. The number of carbonyl (C=O) groups is 3. The van der Waals surface area contributed by atoms with E-state index < -0.39 is 24.5 Å². The Morgan fingerprint density at radius 3 is 2.03 bits per heavy atom. The first kappa shape index (κ1) is 21.3. The second-order valence-electron chi connectivity index (χ2n) is 6.62. The van der Waals surface area contributed by atoms with Crippen LogP contribution in [-0.4, -0.2) is 30.3 Å². The molecule has 1 atom stereocenters. The molecule has 0 radical (unpaired) electrons. The van der Waals surface area contributed by atoms with Crippen LogP contribution in [0.15, 0.2) is 84.9 Å². The van der Waals surface area contributed by atoms with E-state index in [4.69, 9.17) is 16.3 Å². The second-order valence-corrected chi connectivity index (χ2v) is 7.06. The molecule has 0 unspecified atom stereocenters. The van der Waals surface area contributed by atoms with Crippen LogP contribution in [0.25, 0.3) is 0 Å². The van der Waals surface area contributed by atoms with Gasteiger partial charge in [0.1, 0.15) is 6.04 Å². The maximum Gasteiger partial charge on any atom is 0.329 e. The summed E-state index contributed by atoms with van der Waals surface area (Å²) in [5.41, 5.74) is 1.67. The van der Waals surface area contributed by atoms with Crippen molar-refractivity contribution in [1.29, 1.82) is 0 Å². The molecule has 0 aliphatic rings. The first-order valence-corrected chi connectivity index (χ1v) is 9.76. The third kappa shape index (κ3) is 6.03.